The van der Waals surface area contributed by atoms with Crippen LogP contribution in [0.3, 0.4) is 0 Å². The predicted octanol–water partition coefficient (Wildman–Crippen LogP) is 25.7. The molecule has 8 aromatic heterocycles. The Morgan fingerprint density at radius 2 is 0.513 bits per heavy atom. The molecule has 10 aromatic rings. The lowest BCUT2D eigenvalue weighted by Crippen LogP contribution is -1.86. The lowest BCUT2D eigenvalue weighted by Gasteiger charge is -2.03. The van der Waals surface area contributed by atoms with Crippen LogP contribution < -0.4 is 0 Å². The Labute approximate surface area is 487 Å². The Balaban J connectivity index is 0.924. The number of benzene rings is 2. The van der Waals surface area contributed by atoms with Crippen molar-refractivity contribution in [1.82, 2.24) is 0 Å². The van der Waals surface area contributed by atoms with Gasteiger partial charge in [-0.05, 0) is 158 Å². The van der Waals surface area contributed by atoms with E-state index in [1.165, 1.54) is 203 Å². The molecule has 0 amide bonds. The van der Waals surface area contributed by atoms with Gasteiger partial charge in [-0.3, -0.25) is 0 Å². The van der Waals surface area contributed by atoms with Crippen LogP contribution in [0.25, 0.3) is 89.2 Å². The number of hydrogen-bond donors (Lipinski definition) is 0. The molecule has 8 heteroatoms. The normalized spacial score (nSPS) is 11.7. The summed E-state index contributed by atoms with van der Waals surface area (Å²) >= 11 is 16.0. The van der Waals surface area contributed by atoms with Crippen molar-refractivity contribution in [2.75, 3.05) is 0 Å². The maximum Gasteiger partial charge on any atom is 0.0481 e. The molecule has 0 fully saturated rings. The third kappa shape index (κ3) is 13.7. The minimum absolute atomic E-state index is 1.14. The Bertz CT molecular complexity index is 3330. The molecule has 0 spiro atoms. The van der Waals surface area contributed by atoms with Crippen LogP contribution in [-0.4, -0.2) is 0 Å². The van der Waals surface area contributed by atoms with Crippen LogP contribution >= 0.6 is 90.7 Å². The number of aryl methyl sites for hydroxylation is 4. The summed E-state index contributed by atoms with van der Waals surface area (Å²) in [6, 6.07) is 51.4. The molecule has 0 atom stereocenters. The van der Waals surface area contributed by atoms with Gasteiger partial charge >= 0.3 is 0 Å². The van der Waals surface area contributed by atoms with Crippen LogP contribution in [0.4, 0.5) is 0 Å². The number of rotatable bonds is 29. The first kappa shape index (κ1) is 55.4. The highest BCUT2D eigenvalue weighted by Crippen LogP contribution is 2.51. The fraction of sp³-hybridized carbons (Fsp3) is 0.353. The highest BCUT2D eigenvalue weighted by molar-refractivity contribution is 7.32. The molecule has 8 heterocycles. The van der Waals surface area contributed by atoms with Gasteiger partial charge in [-0.15, -0.1) is 90.7 Å². The van der Waals surface area contributed by atoms with E-state index in [4.69, 9.17) is 0 Å². The Hall–Kier alpha value is -3.96. The van der Waals surface area contributed by atoms with Crippen LogP contribution in [-0.2, 0) is 25.7 Å². The van der Waals surface area contributed by atoms with Gasteiger partial charge in [0, 0.05) is 78.0 Å². The molecule has 0 aliphatic carbocycles. The van der Waals surface area contributed by atoms with Gasteiger partial charge in [0.25, 0.3) is 0 Å². The van der Waals surface area contributed by atoms with Gasteiger partial charge in [-0.1, -0.05) is 165 Å². The van der Waals surface area contributed by atoms with Gasteiger partial charge in [0.15, 0.2) is 0 Å². The van der Waals surface area contributed by atoms with Crippen molar-refractivity contribution in [3.8, 4) is 89.2 Å². The van der Waals surface area contributed by atoms with E-state index in [0.29, 0.717) is 0 Å². The molecule has 0 saturated carbocycles. The number of unbranched alkanes of at least 4 members (excludes halogenated alkanes) is 12. The van der Waals surface area contributed by atoms with Crippen molar-refractivity contribution in [3.05, 3.63) is 156 Å². The van der Waals surface area contributed by atoms with Gasteiger partial charge < -0.3 is 0 Å². The average Bonchev–Trinajstić information content (AvgIpc) is 4.32. The fourth-order valence-electron chi connectivity index (χ4n) is 10.4. The van der Waals surface area contributed by atoms with E-state index in [1.54, 1.807) is 11.1 Å². The molecule has 0 N–H and O–H groups in total. The molecule has 10 rings (SSSR count). The monoisotopic (exact) mass is 1150 g/mol. The quantitative estimate of drug-likeness (QED) is 0.0410. The van der Waals surface area contributed by atoms with Crippen LogP contribution in [0.15, 0.2) is 133 Å². The van der Waals surface area contributed by atoms with Gasteiger partial charge in [0.2, 0.25) is 0 Å². The highest BCUT2D eigenvalue weighted by Gasteiger charge is 2.22. The minimum atomic E-state index is 1.14. The lowest BCUT2D eigenvalue weighted by molar-refractivity contribution is 0.667. The standard InChI is InChI=1S/C68H74S8/c1-5-9-13-19-31-49-44-62(74-65(49)48-29-25-18-26-30-48)57-37-35-53(69-57)56-40-42-60(72-56)67-52(34-22-16-12-8-4)46-64(76-67)68-51(33-21-15-11-7-3)45-63(75-68)58-38-36-54(70-58)55-39-41-59(71-55)66-50(32-20-14-10-6-2)43-61(73-66)47-27-23-17-24-28-47/h17-18,23-30,35-46H,5-16,19-22,31-34H2,1-4H3. The first-order chi connectivity index (χ1) is 37.5. The summed E-state index contributed by atoms with van der Waals surface area (Å²) in [6.07, 6.45) is 25.1. The molecular weight excluding hydrogens is 1070 g/mol. The highest BCUT2D eigenvalue weighted by atomic mass is 32.1. The summed E-state index contributed by atoms with van der Waals surface area (Å²) in [5, 5.41) is 0. The summed E-state index contributed by atoms with van der Waals surface area (Å²) in [5.74, 6) is 0. The summed E-state index contributed by atoms with van der Waals surface area (Å²) in [4.78, 5) is 22.7. The Morgan fingerprint density at radius 1 is 0.224 bits per heavy atom. The van der Waals surface area contributed by atoms with Crippen molar-refractivity contribution >= 4 is 90.7 Å². The third-order valence-corrected chi connectivity index (χ3v) is 25.1. The van der Waals surface area contributed by atoms with Crippen molar-refractivity contribution in [3.63, 3.8) is 0 Å². The van der Waals surface area contributed by atoms with Gasteiger partial charge in [0.1, 0.15) is 0 Å². The number of hydrogen-bond acceptors (Lipinski definition) is 8. The third-order valence-electron chi connectivity index (χ3n) is 14.6. The zero-order valence-corrected chi connectivity index (χ0v) is 51.6. The summed E-state index contributed by atoms with van der Waals surface area (Å²) in [5.41, 5.74) is 8.79. The van der Waals surface area contributed by atoms with Crippen LogP contribution in [0.5, 0.6) is 0 Å². The van der Waals surface area contributed by atoms with E-state index >= 15 is 0 Å². The van der Waals surface area contributed by atoms with E-state index in [-0.39, 0.29) is 0 Å². The van der Waals surface area contributed by atoms with Crippen molar-refractivity contribution in [2.24, 2.45) is 0 Å². The average molecular weight is 1150 g/mol. The summed E-state index contributed by atoms with van der Waals surface area (Å²) in [6.45, 7) is 9.27. The van der Waals surface area contributed by atoms with Crippen molar-refractivity contribution in [2.45, 2.75) is 156 Å². The first-order valence-electron chi connectivity index (χ1n) is 28.5. The smallest absolute Gasteiger partial charge is 0.0481 e. The zero-order chi connectivity index (χ0) is 52.1. The molecule has 0 saturated heterocycles. The maximum atomic E-state index is 2.61. The summed E-state index contributed by atoms with van der Waals surface area (Å²) < 4.78 is 0. The second-order valence-corrected chi connectivity index (χ2v) is 29.0. The minimum Gasteiger partial charge on any atom is -0.134 e. The molecule has 0 radical (unpaired) electrons. The van der Waals surface area contributed by atoms with E-state index in [9.17, 15) is 0 Å². The SMILES string of the molecule is CCCCCCc1cc(-c2ccc(-c3ccc(-c4sc(-c5sc(-c6ccc(-c7ccc(-c8sc(-c9ccccc9)cc8CCCCCC)s7)s6)cc5CCCCCC)cc4CCCCCC)s3)s2)sc1-c1ccccc1. The van der Waals surface area contributed by atoms with Gasteiger partial charge in [0.05, 0.1) is 0 Å². The molecule has 394 valence electrons. The van der Waals surface area contributed by atoms with Crippen LogP contribution in [0.2, 0.25) is 0 Å². The second kappa shape index (κ2) is 27.8. The predicted molar refractivity (Wildman–Crippen MR) is 350 cm³/mol. The molecule has 0 bridgehead atoms. The number of thiophene rings is 8. The van der Waals surface area contributed by atoms with Gasteiger partial charge in [-0.2, -0.15) is 0 Å². The van der Waals surface area contributed by atoms with Crippen LogP contribution in [0, 0.1) is 0 Å². The topological polar surface area (TPSA) is 0 Å². The second-order valence-electron chi connectivity index (χ2n) is 20.5. The lowest BCUT2D eigenvalue weighted by atomic mass is 10.0. The van der Waals surface area contributed by atoms with Crippen molar-refractivity contribution in [1.29, 1.82) is 0 Å². The zero-order valence-electron chi connectivity index (χ0n) is 45.1. The molecule has 2 aromatic carbocycles. The fourth-order valence-corrected chi connectivity index (χ4v) is 20.0. The molecule has 76 heavy (non-hydrogen) atoms. The summed E-state index contributed by atoms with van der Waals surface area (Å²) in [7, 11) is 0. The molecule has 0 nitrogen and oxygen atoms in total. The largest absolute Gasteiger partial charge is 0.134 e. The molecule has 0 aliphatic rings. The van der Waals surface area contributed by atoms with E-state index < -0.39 is 0 Å². The van der Waals surface area contributed by atoms with Crippen LogP contribution in [0.1, 0.15) is 153 Å². The maximum absolute atomic E-state index is 2.61. The van der Waals surface area contributed by atoms with E-state index in [1.807, 2.05) is 79.4 Å². The first-order valence-corrected chi connectivity index (χ1v) is 35.1. The van der Waals surface area contributed by atoms with E-state index in [2.05, 4.69) is 172 Å². The Morgan fingerprint density at radius 3 is 0.934 bits per heavy atom. The molecular formula is C68H74S8. The molecule has 0 aliphatic heterocycles. The Kier molecular flexibility index (Phi) is 20.2. The van der Waals surface area contributed by atoms with E-state index in [0.717, 1.165) is 25.7 Å². The van der Waals surface area contributed by atoms with Crippen molar-refractivity contribution < 1.29 is 0 Å². The molecule has 0 unspecified atom stereocenters. The van der Waals surface area contributed by atoms with Gasteiger partial charge in [-0.25, -0.2) is 0 Å².